The van der Waals surface area contributed by atoms with Gasteiger partial charge in [-0.2, -0.15) is 0 Å². The molecular weight excluding hydrogens is 336 g/mol. The van der Waals surface area contributed by atoms with Gasteiger partial charge in [0.15, 0.2) is 0 Å². The Morgan fingerprint density at radius 3 is 3.00 bits per heavy atom. The molecule has 1 aromatic heterocycles. The van der Waals surface area contributed by atoms with Gasteiger partial charge in [0.05, 0.1) is 17.6 Å². The Labute approximate surface area is 130 Å². The van der Waals surface area contributed by atoms with Crippen molar-refractivity contribution in [3.05, 3.63) is 40.6 Å². The fourth-order valence-electron chi connectivity index (χ4n) is 2.63. The summed E-state index contributed by atoms with van der Waals surface area (Å²) < 4.78 is 2.64. The largest absolute Gasteiger partial charge is 0.480 e. The number of aromatic nitrogens is 3. The Morgan fingerprint density at radius 2 is 2.24 bits per heavy atom. The van der Waals surface area contributed by atoms with E-state index in [1.807, 2.05) is 35.4 Å². The molecule has 1 fully saturated rings. The van der Waals surface area contributed by atoms with Crippen LogP contribution in [0, 0.1) is 0 Å². The Kier molecular flexibility index (Phi) is 4.03. The molecule has 1 N–H and O–H groups in total. The lowest BCUT2D eigenvalue weighted by Crippen LogP contribution is -2.35. The van der Waals surface area contributed by atoms with Gasteiger partial charge in [-0.05, 0) is 47.4 Å². The minimum atomic E-state index is -0.759. The molecule has 0 spiro atoms. The van der Waals surface area contributed by atoms with Crippen molar-refractivity contribution in [2.45, 2.75) is 25.4 Å². The molecule has 0 aliphatic carbocycles. The summed E-state index contributed by atoms with van der Waals surface area (Å²) in [5, 5.41) is 17.5. The molecule has 2 heterocycles. The highest BCUT2D eigenvalue weighted by molar-refractivity contribution is 9.10. The lowest BCUT2D eigenvalue weighted by atomic mass is 10.2. The second-order valence-corrected chi connectivity index (χ2v) is 5.93. The first kappa shape index (κ1) is 14.2. The van der Waals surface area contributed by atoms with Crippen LogP contribution in [0.2, 0.25) is 0 Å². The SMILES string of the molecule is O=C(O)[C@H]1CCCN1Cc1cn(-c2ccccc2Br)nn1. The van der Waals surface area contributed by atoms with Gasteiger partial charge in [0, 0.05) is 11.0 Å². The molecule has 0 bridgehead atoms. The second-order valence-electron chi connectivity index (χ2n) is 5.07. The first-order valence-corrected chi connectivity index (χ1v) is 7.57. The van der Waals surface area contributed by atoms with Crippen LogP contribution in [0.3, 0.4) is 0 Å². The number of carboxylic acid groups (broad SMARTS) is 1. The van der Waals surface area contributed by atoms with E-state index in [1.165, 1.54) is 0 Å². The topological polar surface area (TPSA) is 71.2 Å². The summed E-state index contributed by atoms with van der Waals surface area (Å²) in [6.45, 7) is 1.31. The zero-order chi connectivity index (χ0) is 14.8. The number of carboxylic acids is 1. The van der Waals surface area contributed by atoms with Gasteiger partial charge in [-0.25, -0.2) is 4.68 Å². The van der Waals surface area contributed by atoms with Gasteiger partial charge < -0.3 is 5.11 Å². The van der Waals surface area contributed by atoms with Crippen LogP contribution in [-0.2, 0) is 11.3 Å². The van der Waals surface area contributed by atoms with E-state index in [4.69, 9.17) is 0 Å². The fourth-order valence-corrected chi connectivity index (χ4v) is 3.10. The number of likely N-dealkylation sites (tertiary alicyclic amines) is 1. The molecule has 0 unspecified atom stereocenters. The van der Waals surface area contributed by atoms with Crippen LogP contribution >= 0.6 is 15.9 Å². The van der Waals surface area contributed by atoms with E-state index in [0.29, 0.717) is 13.0 Å². The Morgan fingerprint density at radius 1 is 1.43 bits per heavy atom. The predicted molar refractivity (Wildman–Crippen MR) is 80.1 cm³/mol. The van der Waals surface area contributed by atoms with E-state index in [2.05, 4.69) is 26.2 Å². The van der Waals surface area contributed by atoms with Crippen molar-refractivity contribution >= 4 is 21.9 Å². The van der Waals surface area contributed by atoms with Crippen molar-refractivity contribution in [3.63, 3.8) is 0 Å². The third-order valence-electron chi connectivity index (χ3n) is 3.65. The van der Waals surface area contributed by atoms with E-state index < -0.39 is 12.0 Å². The Bertz CT molecular complexity index is 658. The van der Waals surface area contributed by atoms with E-state index in [0.717, 1.165) is 28.8 Å². The predicted octanol–water partition coefficient (Wildman–Crippen LogP) is 2.08. The average Bonchev–Trinajstić information content (AvgIpc) is 3.09. The number of halogens is 1. The summed E-state index contributed by atoms with van der Waals surface area (Å²) in [6.07, 6.45) is 3.46. The average molecular weight is 351 g/mol. The lowest BCUT2D eigenvalue weighted by Gasteiger charge is -2.19. The normalized spacial score (nSPS) is 19.0. The number of carbonyl (C=O) groups is 1. The summed E-state index contributed by atoms with van der Waals surface area (Å²) in [4.78, 5) is 13.1. The summed E-state index contributed by atoms with van der Waals surface area (Å²) in [5.74, 6) is -0.759. The number of nitrogens with zero attached hydrogens (tertiary/aromatic N) is 4. The number of para-hydroxylation sites is 1. The van der Waals surface area contributed by atoms with Crippen molar-refractivity contribution in [3.8, 4) is 5.69 Å². The smallest absolute Gasteiger partial charge is 0.320 e. The highest BCUT2D eigenvalue weighted by Gasteiger charge is 2.30. The maximum absolute atomic E-state index is 11.2. The number of benzene rings is 1. The maximum Gasteiger partial charge on any atom is 0.320 e. The monoisotopic (exact) mass is 350 g/mol. The summed E-state index contributed by atoms with van der Waals surface area (Å²) in [6, 6.07) is 7.35. The van der Waals surface area contributed by atoms with Crippen molar-refractivity contribution in [2.24, 2.45) is 0 Å². The second kappa shape index (κ2) is 5.95. The van der Waals surface area contributed by atoms with Gasteiger partial charge in [0.1, 0.15) is 6.04 Å². The van der Waals surface area contributed by atoms with Crippen molar-refractivity contribution in [1.29, 1.82) is 0 Å². The zero-order valence-corrected chi connectivity index (χ0v) is 12.9. The van der Waals surface area contributed by atoms with Crippen molar-refractivity contribution in [1.82, 2.24) is 19.9 Å². The van der Waals surface area contributed by atoms with Gasteiger partial charge in [-0.1, -0.05) is 17.3 Å². The van der Waals surface area contributed by atoms with E-state index in [9.17, 15) is 9.90 Å². The summed E-state index contributed by atoms with van der Waals surface area (Å²) in [7, 11) is 0. The first-order chi connectivity index (χ1) is 10.1. The van der Waals surface area contributed by atoms with Crippen LogP contribution in [0.5, 0.6) is 0 Å². The summed E-state index contributed by atoms with van der Waals surface area (Å²) in [5.41, 5.74) is 1.69. The molecule has 21 heavy (non-hydrogen) atoms. The Balaban J connectivity index is 1.77. The van der Waals surface area contributed by atoms with Crippen LogP contribution in [0.15, 0.2) is 34.9 Å². The standard InChI is InChI=1S/C14H15BrN4O2/c15-11-4-1-2-5-12(11)19-9-10(16-17-19)8-18-7-3-6-13(18)14(20)21/h1-2,4-5,9,13H,3,6-8H2,(H,20,21)/t13-/m1/s1. The molecule has 0 saturated carbocycles. The third kappa shape index (κ3) is 2.98. The Hall–Kier alpha value is -1.73. The molecule has 1 saturated heterocycles. The van der Waals surface area contributed by atoms with Crippen LogP contribution in [0.4, 0.5) is 0 Å². The van der Waals surface area contributed by atoms with Gasteiger partial charge >= 0.3 is 5.97 Å². The van der Waals surface area contributed by atoms with E-state index in [-0.39, 0.29) is 0 Å². The zero-order valence-electron chi connectivity index (χ0n) is 11.3. The van der Waals surface area contributed by atoms with E-state index in [1.54, 1.807) is 4.68 Å². The van der Waals surface area contributed by atoms with Gasteiger partial charge in [-0.15, -0.1) is 5.10 Å². The van der Waals surface area contributed by atoms with Gasteiger partial charge in [-0.3, -0.25) is 9.69 Å². The first-order valence-electron chi connectivity index (χ1n) is 6.78. The van der Waals surface area contributed by atoms with Crippen LogP contribution in [0.25, 0.3) is 5.69 Å². The maximum atomic E-state index is 11.2. The quantitative estimate of drug-likeness (QED) is 0.913. The highest BCUT2D eigenvalue weighted by Crippen LogP contribution is 2.22. The minimum absolute atomic E-state index is 0.404. The number of hydrogen-bond acceptors (Lipinski definition) is 4. The van der Waals surface area contributed by atoms with Crippen LogP contribution in [0.1, 0.15) is 18.5 Å². The minimum Gasteiger partial charge on any atom is -0.480 e. The van der Waals surface area contributed by atoms with Crippen molar-refractivity contribution in [2.75, 3.05) is 6.54 Å². The molecule has 1 aliphatic rings. The molecule has 110 valence electrons. The molecule has 7 heteroatoms. The van der Waals surface area contributed by atoms with E-state index >= 15 is 0 Å². The molecular formula is C14H15BrN4O2. The number of hydrogen-bond donors (Lipinski definition) is 1. The molecule has 1 aromatic carbocycles. The molecule has 0 radical (unpaired) electrons. The molecule has 6 nitrogen and oxygen atoms in total. The molecule has 2 aromatic rings. The highest BCUT2D eigenvalue weighted by atomic mass is 79.9. The lowest BCUT2D eigenvalue weighted by molar-refractivity contribution is -0.142. The van der Waals surface area contributed by atoms with Crippen molar-refractivity contribution < 1.29 is 9.90 Å². The molecule has 1 atom stereocenters. The molecule has 1 aliphatic heterocycles. The number of rotatable bonds is 4. The van der Waals surface area contributed by atoms with Crippen LogP contribution in [-0.4, -0.2) is 43.6 Å². The third-order valence-corrected chi connectivity index (χ3v) is 4.32. The summed E-state index contributed by atoms with van der Waals surface area (Å²) >= 11 is 3.48. The van der Waals surface area contributed by atoms with Crippen LogP contribution < -0.4 is 0 Å². The van der Waals surface area contributed by atoms with Gasteiger partial charge in [0.2, 0.25) is 0 Å². The molecule has 3 rings (SSSR count). The fraction of sp³-hybridized carbons (Fsp3) is 0.357. The van der Waals surface area contributed by atoms with Gasteiger partial charge in [0.25, 0.3) is 0 Å². The molecule has 0 amide bonds. The number of aliphatic carboxylic acids is 1.